The number of nitrogens with zero attached hydrogens (tertiary/aromatic N) is 2. The lowest BCUT2D eigenvalue weighted by atomic mass is 10.1. The summed E-state index contributed by atoms with van der Waals surface area (Å²) in [6.07, 6.45) is 3.32. The minimum absolute atomic E-state index is 0.0315. The Hall–Kier alpha value is -2.84. The number of hydrogen-bond donors (Lipinski definition) is 1. The SMILES string of the molecule is CN1C(=O)S/C(=C\c2cc(OCc3ccnc4ccccc34)c(O)cc2Br)C1=O. The summed E-state index contributed by atoms with van der Waals surface area (Å²) in [6.45, 7) is 0.239. The van der Waals surface area contributed by atoms with Gasteiger partial charge in [-0.3, -0.25) is 19.5 Å². The Balaban J connectivity index is 1.62. The van der Waals surface area contributed by atoms with E-state index < -0.39 is 0 Å². The first kappa shape index (κ1) is 19.5. The van der Waals surface area contributed by atoms with Crippen LogP contribution < -0.4 is 4.74 Å². The van der Waals surface area contributed by atoms with Crippen LogP contribution in [0.1, 0.15) is 11.1 Å². The number of phenols is 1. The molecular formula is C21H15BrN2O4S. The van der Waals surface area contributed by atoms with Crippen molar-refractivity contribution in [2.75, 3.05) is 7.05 Å². The average molecular weight is 471 g/mol. The number of rotatable bonds is 4. The molecule has 2 amide bonds. The molecule has 0 saturated carbocycles. The fourth-order valence-corrected chi connectivity index (χ4v) is 4.17. The third-order valence-electron chi connectivity index (χ3n) is 4.47. The van der Waals surface area contributed by atoms with Crippen molar-refractivity contribution in [2.45, 2.75) is 6.61 Å². The Labute approximate surface area is 179 Å². The van der Waals surface area contributed by atoms with Gasteiger partial charge in [-0.15, -0.1) is 0 Å². The van der Waals surface area contributed by atoms with E-state index in [1.807, 2.05) is 30.3 Å². The first-order chi connectivity index (χ1) is 13.9. The highest BCUT2D eigenvalue weighted by atomic mass is 79.9. The summed E-state index contributed by atoms with van der Waals surface area (Å²) in [5.74, 6) is -0.113. The largest absolute Gasteiger partial charge is 0.504 e. The molecule has 4 rings (SSSR count). The molecule has 146 valence electrons. The van der Waals surface area contributed by atoms with Gasteiger partial charge in [-0.2, -0.15) is 0 Å². The van der Waals surface area contributed by atoms with Crippen molar-refractivity contribution in [2.24, 2.45) is 0 Å². The predicted octanol–water partition coefficient (Wildman–Crippen LogP) is 4.95. The van der Waals surface area contributed by atoms with Crippen molar-refractivity contribution in [1.29, 1.82) is 0 Å². The van der Waals surface area contributed by atoms with E-state index in [0.717, 1.165) is 33.1 Å². The molecule has 0 aliphatic carbocycles. The van der Waals surface area contributed by atoms with E-state index in [1.165, 1.54) is 13.1 Å². The number of halogens is 1. The minimum Gasteiger partial charge on any atom is -0.504 e. The van der Waals surface area contributed by atoms with Gasteiger partial charge in [-0.25, -0.2) is 0 Å². The highest BCUT2D eigenvalue weighted by Crippen LogP contribution is 2.37. The Kier molecular flexibility index (Phi) is 5.29. The second kappa shape index (κ2) is 7.88. The highest BCUT2D eigenvalue weighted by Gasteiger charge is 2.32. The number of thioether (sulfide) groups is 1. The standard InChI is InChI=1S/C21H15BrN2O4S/c1-24-20(26)19(29-21(24)27)9-13-8-18(17(25)10-15(13)22)28-11-12-6-7-23-16-5-3-2-4-14(12)16/h2-10,25H,11H2,1H3/b19-9-. The lowest BCUT2D eigenvalue weighted by molar-refractivity contribution is -0.121. The van der Waals surface area contributed by atoms with Crippen LogP contribution in [0.5, 0.6) is 11.5 Å². The van der Waals surface area contributed by atoms with Gasteiger partial charge in [0.15, 0.2) is 11.5 Å². The maximum absolute atomic E-state index is 12.1. The van der Waals surface area contributed by atoms with E-state index in [-0.39, 0.29) is 29.3 Å². The third kappa shape index (κ3) is 3.86. The van der Waals surface area contributed by atoms with Crippen LogP contribution in [0.15, 0.2) is 58.0 Å². The van der Waals surface area contributed by atoms with E-state index in [1.54, 1.807) is 18.3 Å². The number of hydrogen-bond acceptors (Lipinski definition) is 6. The monoisotopic (exact) mass is 470 g/mol. The number of para-hydroxylation sites is 1. The molecule has 29 heavy (non-hydrogen) atoms. The van der Waals surface area contributed by atoms with E-state index in [2.05, 4.69) is 20.9 Å². The van der Waals surface area contributed by atoms with Crippen molar-refractivity contribution in [1.82, 2.24) is 9.88 Å². The Bertz CT molecular complexity index is 1170. The van der Waals surface area contributed by atoms with Crippen molar-refractivity contribution < 1.29 is 19.4 Å². The van der Waals surface area contributed by atoms with Gasteiger partial charge in [-0.1, -0.05) is 34.1 Å². The number of pyridine rings is 1. The molecule has 2 aromatic carbocycles. The first-order valence-electron chi connectivity index (χ1n) is 8.63. The van der Waals surface area contributed by atoms with Gasteiger partial charge in [0.05, 0.1) is 10.4 Å². The average Bonchev–Trinajstić information content (AvgIpc) is 2.95. The number of likely N-dealkylation sites (N-methyl/N-ethyl adjacent to an activating group) is 1. The zero-order chi connectivity index (χ0) is 20.5. The number of aromatic hydroxyl groups is 1. The van der Waals surface area contributed by atoms with E-state index in [4.69, 9.17) is 4.74 Å². The molecule has 0 spiro atoms. The highest BCUT2D eigenvalue weighted by molar-refractivity contribution is 9.10. The number of imide groups is 1. The van der Waals surface area contributed by atoms with Crippen molar-refractivity contribution >= 4 is 55.8 Å². The summed E-state index contributed by atoms with van der Waals surface area (Å²) in [5, 5.41) is 10.9. The smallest absolute Gasteiger partial charge is 0.293 e. The second-order valence-electron chi connectivity index (χ2n) is 6.36. The zero-order valence-electron chi connectivity index (χ0n) is 15.3. The molecule has 1 aliphatic heterocycles. The molecule has 3 aromatic rings. The van der Waals surface area contributed by atoms with Crippen LogP contribution in [-0.4, -0.2) is 33.2 Å². The number of benzene rings is 2. The van der Waals surface area contributed by atoms with Gasteiger partial charge in [-0.05, 0) is 47.7 Å². The summed E-state index contributed by atoms with van der Waals surface area (Å²) in [4.78, 5) is 29.5. The van der Waals surface area contributed by atoms with Crippen LogP contribution >= 0.6 is 27.7 Å². The third-order valence-corrected chi connectivity index (χ3v) is 6.12. The number of aromatic nitrogens is 1. The molecule has 1 aliphatic rings. The number of carbonyl (C=O) groups is 2. The van der Waals surface area contributed by atoms with Crippen LogP contribution in [0, 0.1) is 0 Å². The molecule has 1 fully saturated rings. The number of carbonyl (C=O) groups excluding carboxylic acids is 2. The normalized spacial score (nSPS) is 15.5. The minimum atomic E-state index is -0.356. The topological polar surface area (TPSA) is 79.7 Å². The number of fused-ring (bicyclic) bond motifs is 1. The van der Waals surface area contributed by atoms with Crippen LogP contribution in [0.25, 0.3) is 17.0 Å². The van der Waals surface area contributed by atoms with Crippen molar-refractivity contribution in [3.8, 4) is 11.5 Å². The number of ether oxygens (including phenoxy) is 1. The van der Waals surface area contributed by atoms with Gasteiger partial charge in [0.2, 0.25) is 0 Å². The summed E-state index contributed by atoms with van der Waals surface area (Å²) < 4.78 is 6.45. The molecule has 1 N–H and O–H groups in total. The van der Waals surface area contributed by atoms with Gasteiger partial charge < -0.3 is 9.84 Å². The Morgan fingerprint density at radius 1 is 1.24 bits per heavy atom. The van der Waals surface area contributed by atoms with Crippen molar-refractivity contribution in [3.63, 3.8) is 0 Å². The maximum Gasteiger partial charge on any atom is 0.293 e. The Morgan fingerprint density at radius 2 is 2.03 bits per heavy atom. The van der Waals surface area contributed by atoms with Crippen LogP contribution in [0.3, 0.4) is 0 Å². The first-order valence-corrected chi connectivity index (χ1v) is 10.2. The van der Waals surface area contributed by atoms with Crippen LogP contribution in [0.4, 0.5) is 4.79 Å². The fraction of sp³-hybridized carbons (Fsp3) is 0.0952. The fourth-order valence-electron chi connectivity index (χ4n) is 2.91. The molecule has 1 aromatic heterocycles. The molecule has 6 nitrogen and oxygen atoms in total. The molecule has 0 radical (unpaired) electrons. The molecule has 2 heterocycles. The lowest BCUT2D eigenvalue weighted by Gasteiger charge is -2.12. The molecule has 0 atom stereocenters. The Morgan fingerprint density at radius 3 is 2.79 bits per heavy atom. The summed E-state index contributed by atoms with van der Waals surface area (Å²) in [6, 6.07) is 12.8. The predicted molar refractivity (Wildman–Crippen MR) is 116 cm³/mol. The number of amides is 2. The molecular weight excluding hydrogens is 456 g/mol. The molecule has 0 unspecified atom stereocenters. The maximum atomic E-state index is 12.1. The summed E-state index contributed by atoms with van der Waals surface area (Å²) >= 11 is 4.25. The second-order valence-corrected chi connectivity index (χ2v) is 8.21. The molecule has 1 saturated heterocycles. The number of phenolic OH excluding ortho intramolecular Hbond substituents is 1. The van der Waals surface area contributed by atoms with Gasteiger partial charge in [0, 0.05) is 28.7 Å². The molecule has 0 bridgehead atoms. The van der Waals surface area contributed by atoms with E-state index in [0.29, 0.717) is 14.9 Å². The van der Waals surface area contributed by atoms with Gasteiger partial charge in [0.25, 0.3) is 11.1 Å². The quantitative estimate of drug-likeness (QED) is 0.543. The van der Waals surface area contributed by atoms with Gasteiger partial charge in [0.1, 0.15) is 6.61 Å². The lowest BCUT2D eigenvalue weighted by Crippen LogP contribution is -2.22. The zero-order valence-corrected chi connectivity index (χ0v) is 17.7. The van der Waals surface area contributed by atoms with Crippen molar-refractivity contribution in [3.05, 3.63) is 69.2 Å². The van der Waals surface area contributed by atoms with Crippen LogP contribution in [-0.2, 0) is 11.4 Å². The van der Waals surface area contributed by atoms with Crippen LogP contribution in [0.2, 0.25) is 0 Å². The summed E-state index contributed by atoms with van der Waals surface area (Å²) in [5.41, 5.74) is 2.42. The summed E-state index contributed by atoms with van der Waals surface area (Å²) in [7, 11) is 1.44. The van der Waals surface area contributed by atoms with Gasteiger partial charge >= 0.3 is 0 Å². The molecule has 8 heteroatoms. The van der Waals surface area contributed by atoms with E-state index >= 15 is 0 Å². The van der Waals surface area contributed by atoms with E-state index in [9.17, 15) is 14.7 Å².